The van der Waals surface area contributed by atoms with Gasteiger partial charge in [-0.15, -0.1) is 0 Å². The van der Waals surface area contributed by atoms with Crippen LogP contribution in [0.25, 0.3) is 0 Å². The van der Waals surface area contributed by atoms with Crippen LogP contribution in [0.5, 0.6) is 5.75 Å². The van der Waals surface area contributed by atoms with Crippen LogP contribution in [-0.4, -0.2) is 7.11 Å². The summed E-state index contributed by atoms with van der Waals surface area (Å²) in [6, 6.07) is 15.8. The number of benzene rings is 2. The van der Waals surface area contributed by atoms with Crippen molar-refractivity contribution in [2.75, 3.05) is 7.11 Å². The lowest BCUT2D eigenvalue weighted by molar-refractivity contribution is 0.414. The zero-order valence-electron chi connectivity index (χ0n) is 10.8. The second kappa shape index (κ2) is 7.14. The van der Waals surface area contributed by atoms with Crippen molar-refractivity contribution in [2.24, 2.45) is 0 Å². The molecule has 2 aromatic rings. The number of ether oxygens (including phenoxy) is 1. The first-order chi connectivity index (χ1) is 9.28. The van der Waals surface area contributed by atoms with Crippen molar-refractivity contribution in [3.8, 4) is 5.75 Å². The fraction of sp³-hybridized carbons (Fsp3) is 0.200. The van der Waals surface area contributed by atoms with Crippen molar-refractivity contribution >= 4 is 11.6 Å². The molecule has 4 heteroatoms. The molecule has 0 saturated carbocycles. The van der Waals surface area contributed by atoms with E-state index >= 15 is 0 Å². The molecular weight excluding hydrogens is 260 g/mol. The van der Waals surface area contributed by atoms with E-state index in [0.29, 0.717) is 0 Å². The maximum absolute atomic E-state index is 5.83. The van der Waals surface area contributed by atoms with Crippen LogP contribution in [0.15, 0.2) is 48.5 Å². The van der Waals surface area contributed by atoms with Crippen LogP contribution in [0.4, 0.5) is 0 Å². The molecule has 3 nitrogen and oxygen atoms in total. The van der Waals surface area contributed by atoms with Crippen molar-refractivity contribution in [3.63, 3.8) is 0 Å². The largest absolute Gasteiger partial charge is 0.497 e. The molecule has 100 valence electrons. The average Bonchev–Trinajstić information content (AvgIpc) is 2.46. The van der Waals surface area contributed by atoms with Gasteiger partial charge in [0, 0.05) is 18.1 Å². The van der Waals surface area contributed by atoms with Crippen molar-refractivity contribution in [3.05, 3.63) is 64.7 Å². The molecule has 0 fully saturated rings. The predicted molar refractivity (Wildman–Crippen MR) is 78.1 cm³/mol. The van der Waals surface area contributed by atoms with E-state index in [1.54, 1.807) is 7.11 Å². The number of methoxy groups -OCH3 is 1. The molecule has 0 bridgehead atoms. The van der Waals surface area contributed by atoms with Gasteiger partial charge in [0.25, 0.3) is 0 Å². The molecular formula is C15H17ClN2O. The summed E-state index contributed by atoms with van der Waals surface area (Å²) in [6.45, 7) is 1.52. The van der Waals surface area contributed by atoms with E-state index in [4.69, 9.17) is 16.3 Å². The molecule has 0 atom stereocenters. The summed E-state index contributed by atoms with van der Waals surface area (Å²) in [4.78, 5) is 0. The van der Waals surface area contributed by atoms with Gasteiger partial charge in [-0.25, -0.2) is 0 Å². The Labute approximate surface area is 118 Å². The molecule has 0 amide bonds. The fourth-order valence-electron chi connectivity index (χ4n) is 1.67. The summed E-state index contributed by atoms with van der Waals surface area (Å²) < 4.78 is 5.12. The Morgan fingerprint density at radius 2 is 1.32 bits per heavy atom. The highest BCUT2D eigenvalue weighted by molar-refractivity contribution is 6.30. The second-order valence-corrected chi connectivity index (χ2v) is 4.62. The summed E-state index contributed by atoms with van der Waals surface area (Å²) in [5.41, 5.74) is 8.74. The van der Waals surface area contributed by atoms with Crippen LogP contribution in [0.2, 0.25) is 5.02 Å². The lowest BCUT2D eigenvalue weighted by Gasteiger charge is -2.08. The van der Waals surface area contributed by atoms with Crippen LogP contribution in [0.1, 0.15) is 11.1 Å². The lowest BCUT2D eigenvalue weighted by atomic mass is 10.2. The molecule has 0 heterocycles. The molecule has 0 aliphatic rings. The van der Waals surface area contributed by atoms with Crippen molar-refractivity contribution in [2.45, 2.75) is 13.1 Å². The van der Waals surface area contributed by atoms with Gasteiger partial charge in [0.2, 0.25) is 0 Å². The number of rotatable bonds is 6. The van der Waals surface area contributed by atoms with E-state index in [9.17, 15) is 0 Å². The highest BCUT2D eigenvalue weighted by Gasteiger charge is 1.95. The minimum atomic E-state index is 0.757. The molecule has 2 rings (SSSR count). The first-order valence-corrected chi connectivity index (χ1v) is 6.49. The Kier molecular flexibility index (Phi) is 5.21. The number of nitrogens with one attached hydrogen (secondary N) is 2. The van der Waals surface area contributed by atoms with Gasteiger partial charge < -0.3 is 4.74 Å². The third-order valence-electron chi connectivity index (χ3n) is 2.78. The van der Waals surface area contributed by atoms with Crippen LogP contribution >= 0.6 is 11.6 Å². The minimum Gasteiger partial charge on any atom is -0.497 e. The van der Waals surface area contributed by atoms with Gasteiger partial charge in [-0.3, -0.25) is 10.9 Å². The third kappa shape index (κ3) is 4.56. The smallest absolute Gasteiger partial charge is 0.118 e. The molecule has 2 N–H and O–H groups in total. The van der Waals surface area contributed by atoms with Crippen LogP contribution in [0, 0.1) is 0 Å². The second-order valence-electron chi connectivity index (χ2n) is 4.18. The number of hydrogen-bond donors (Lipinski definition) is 2. The minimum absolute atomic E-state index is 0.757. The first-order valence-electron chi connectivity index (χ1n) is 6.11. The van der Waals surface area contributed by atoms with Crippen LogP contribution in [-0.2, 0) is 13.1 Å². The Balaban J connectivity index is 1.72. The number of hydrogen-bond acceptors (Lipinski definition) is 3. The molecule has 0 unspecified atom stereocenters. The van der Waals surface area contributed by atoms with E-state index in [2.05, 4.69) is 10.9 Å². The average molecular weight is 277 g/mol. The lowest BCUT2D eigenvalue weighted by Crippen LogP contribution is -2.30. The molecule has 0 radical (unpaired) electrons. The third-order valence-corrected chi connectivity index (χ3v) is 3.03. The molecule has 0 saturated heterocycles. The standard InChI is InChI=1S/C15H17ClN2O/c1-19-15-8-4-13(5-9-15)11-18-17-10-12-2-6-14(16)7-3-12/h2-9,17-18H,10-11H2,1H3. The molecule has 19 heavy (non-hydrogen) atoms. The zero-order valence-corrected chi connectivity index (χ0v) is 11.6. The Hall–Kier alpha value is -1.55. The molecule has 2 aromatic carbocycles. The summed E-state index contributed by atoms with van der Waals surface area (Å²) in [5, 5.41) is 0.759. The van der Waals surface area contributed by atoms with E-state index in [1.165, 1.54) is 11.1 Å². The summed E-state index contributed by atoms with van der Waals surface area (Å²) in [6.07, 6.45) is 0. The van der Waals surface area contributed by atoms with Gasteiger partial charge in [-0.05, 0) is 35.4 Å². The zero-order chi connectivity index (χ0) is 13.5. The summed E-state index contributed by atoms with van der Waals surface area (Å²) in [7, 11) is 1.67. The quantitative estimate of drug-likeness (QED) is 0.628. The monoisotopic (exact) mass is 276 g/mol. The highest BCUT2D eigenvalue weighted by Crippen LogP contribution is 2.11. The normalized spacial score (nSPS) is 10.4. The maximum atomic E-state index is 5.83. The Morgan fingerprint density at radius 1 is 0.842 bits per heavy atom. The first kappa shape index (κ1) is 13.9. The number of hydrazine groups is 1. The SMILES string of the molecule is COc1ccc(CNNCc2ccc(Cl)cc2)cc1. The van der Waals surface area contributed by atoms with E-state index in [1.807, 2.05) is 48.5 Å². The molecule has 0 spiro atoms. The van der Waals surface area contributed by atoms with Gasteiger partial charge >= 0.3 is 0 Å². The van der Waals surface area contributed by atoms with Crippen molar-refractivity contribution < 1.29 is 4.74 Å². The van der Waals surface area contributed by atoms with E-state index in [0.717, 1.165) is 23.9 Å². The van der Waals surface area contributed by atoms with Gasteiger partial charge in [-0.1, -0.05) is 35.9 Å². The molecule has 0 aromatic heterocycles. The van der Waals surface area contributed by atoms with Gasteiger partial charge in [0.05, 0.1) is 7.11 Å². The molecule has 0 aliphatic heterocycles. The van der Waals surface area contributed by atoms with Crippen LogP contribution < -0.4 is 15.6 Å². The van der Waals surface area contributed by atoms with Crippen molar-refractivity contribution in [1.82, 2.24) is 10.9 Å². The van der Waals surface area contributed by atoms with Gasteiger partial charge in [0.1, 0.15) is 5.75 Å². The highest BCUT2D eigenvalue weighted by atomic mass is 35.5. The van der Waals surface area contributed by atoms with Crippen molar-refractivity contribution in [1.29, 1.82) is 0 Å². The van der Waals surface area contributed by atoms with Gasteiger partial charge in [0.15, 0.2) is 0 Å². The number of halogens is 1. The fourth-order valence-corrected chi connectivity index (χ4v) is 1.80. The summed E-state index contributed by atoms with van der Waals surface area (Å²) >= 11 is 5.83. The van der Waals surface area contributed by atoms with E-state index < -0.39 is 0 Å². The van der Waals surface area contributed by atoms with Crippen LogP contribution in [0.3, 0.4) is 0 Å². The van der Waals surface area contributed by atoms with Gasteiger partial charge in [-0.2, -0.15) is 0 Å². The topological polar surface area (TPSA) is 33.3 Å². The van der Waals surface area contributed by atoms with E-state index in [-0.39, 0.29) is 0 Å². The molecule has 0 aliphatic carbocycles. The predicted octanol–water partition coefficient (Wildman–Crippen LogP) is 3.14. The maximum Gasteiger partial charge on any atom is 0.118 e. The Morgan fingerprint density at radius 3 is 1.79 bits per heavy atom. The summed E-state index contributed by atoms with van der Waals surface area (Å²) in [5.74, 6) is 0.873. The Bertz CT molecular complexity index is 497.